The number of rotatable bonds is 7. The number of anilines is 1. The van der Waals surface area contributed by atoms with Crippen LogP contribution in [0.25, 0.3) is 0 Å². The molecule has 1 aliphatic rings. The molecule has 130 valence electrons. The molecule has 0 saturated heterocycles. The SMILES string of the molecule is COc1ccccc1CCNC(=O)Nc1ccc(C(=O)C2CC2)cc1. The summed E-state index contributed by atoms with van der Waals surface area (Å²) in [5.74, 6) is 1.23. The third-order valence-corrected chi connectivity index (χ3v) is 4.25. The molecule has 1 aliphatic carbocycles. The smallest absolute Gasteiger partial charge is 0.319 e. The fraction of sp³-hybridized carbons (Fsp3) is 0.300. The Morgan fingerprint density at radius 1 is 1.08 bits per heavy atom. The average Bonchev–Trinajstić information content (AvgIpc) is 3.47. The zero-order valence-electron chi connectivity index (χ0n) is 14.2. The molecule has 3 rings (SSSR count). The van der Waals surface area contributed by atoms with Gasteiger partial charge in [-0.15, -0.1) is 0 Å². The summed E-state index contributed by atoms with van der Waals surface area (Å²) in [6, 6.07) is 14.5. The summed E-state index contributed by atoms with van der Waals surface area (Å²) >= 11 is 0. The molecule has 2 N–H and O–H groups in total. The van der Waals surface area contributed by atoms with Crippen molar-refractivity contribution in [3.63, 3.8) is 0 Å². The molecule has 0 radical (unpaired) electrons. The molecule has 0 bridgehead atoms. The third kappa shape index (κ3) is 4.59. The van der Waals surface area contributed by atoms with Crippen molar-refractivity contribution in [2.45, 2.75) is 19.3 Å². The van der Waals surface area contributed by atoms with Gasteiger partial charge < -0.3 is 15.4 Å². The van der Waals surface area contributed by atoms with Crippen LogP contribution in [0.4, 0.5) is 10.5 Å². The number of benzene rings is 2. The quantitative estimate of drug-likeness (QED) is 0.757. The molecule has 0 atom stereocenters. The molecule has 1 saturated carbocycles. The van der Waals surface area contributed by atoms with Gasteiger partial charge in [0.15, 0.2) is 5.78 Å². The van der Waals surface area contributed by atoms with Crippen molar-refractivity contribution in [2.24, 2.45) is 5.92 Å². The van der Waals surface area contributed by atoms with Crippen LogP contribution in [0.5, 0.6) is 5.75 Å². The highest BCUT2D eigenvalue weighted by Gasteiger charge is 2.30. The number of hydrogen-bond donors (Lipinski definition) is 2. The van der Waals surface area contributed by atoms with Gasteiger partial charge in [0.1, 0.15) is 5.75 Å². The Hall–Kier alpha value is -2.82. The number of para-hydroxylation sites is 1. The standard InChI is InChI=1S/C20H22N2O3/c1-25-18-5-3-2-4-14(18)12-13-21-20(24)22-17-10-8-16(9-11-17)19(23)15-6-7-15/h2-5,8-11,15H,6-7,12-13H2,1H3,(H2,21,22,24). The van der Waals surface area contributed by atoms with Crippen molar-refractivity contribution in [3.05, 3.63) is 59.7 Å². The highest BCUT2D eigenvalue weighted by molar-refractivity contribution is 6.00. The molecule has 0 heterocycles. The predicted molar refractivity (Wildman–Crippen MR) is 97.2 cm³/mol. The second-order valence-corrected chi connectivity index (χ2v) is 6.16. The van der Waals surface area contributed by atoms with E-state index in [-0.39, 0.29) is 17.7 Å². The summed E-state index contributed by atoms with van der Waals surface area (Å²) in [5.41, 5.74) is 2.43. The topological polar surface area (TPSA) is 67.4 Å². The molecule has 1 fully saturated rings. The van der Waals surface area contributed by atoms with Gasteiger partial charge in [0.2, 0.25) is 0 Å². The maximum absolute atomic E-state index is 12.0. The van der Waals surface area contributed by atoms with Crippen molar-refractivity contribution in [3.8, 4) is 5.75 Å². The number of nitrogens with one attached hydrogen (secondary N) is 2. The summed E-state index contributed by atoms with van der Waals surface area (Å²) < 4.78 is 5.29. The summed E-state index contributed by atoms with van der Waals surface area (Å²) in [4.78, 5) is 23.9. The highest BCUT2D eigenvalue weighted by atomic mass is 16.5. The first kappa shape index (κ1) is 17.0. The zero-order chi connectivity index (χ0) is 17.6. The Kier molecular flexibility index (Phi) is 5.33. The van der Waals surface area contributed by atoms with E-state index in [4.69, 9.17) is 4.74 Å². The minimum atomic E-state index is -0.267. The molecule has 2 aromatic rings. The highest BCUT2D eigenvalue weighted by Crippen LogP contribution is 2.32. The predicted octanol–water partition coefficient (Wildman–Crippen LogP) is 3.65. The number of amides is 2. The van der Waals surface area contributed by atoms with E-state index in [1.807, 2.05) is 24.3 Å². The van der Waals surface area contributed by atoms with E-state index in [1.54, 1.807) is 31.4 Å². The van der Waals surface area contributed by atoms with E-state index in [9.17, 15) is 9.59 Å². The number of ether oxygens (including phenoxy) is 1. The molecule has 0 aromatic heterocycles. The first-order valence-corrected chi connectivity index (χ1v) is 8.48. The Morgan fingerprint density at radius 3 is 2.48 bits per heavy atom. The molecule has 0 aliphatic heterocycles. The van der Waals surface area contributed by atoms with E-state index in [1.165, 1.54) is 0 Å². The van der Waals surface area contributed by atoms with Crippen molar-refractivity contribution < 1.29 is 14.3 Å². The maximum Gasteiger partial charge on any atom is 0.319 e. The summed E-state index contributed by atoms with van der Waals surface area (Å²) in [6.45, 7) is 0.504. The van der Waals surface area contributed by atoms with Crippen LogP contribution in [0.2, 0.25) is 0 Å². The van der Waals surface area contributed by atoms with Gasteiger partial charge in [-0.05, 0) is 55.2 Å². The lowest BCUT2D eigenvalue weighted by atomic mass is 10.1. The molecule has 2 aromatic carbocycles. The van der Waals surface area contributed by atoms with Crippen LogP contribution >= 0.6 is 0 Å². The monoisotopic (exact) mass is 338 g/mol. The van der Waals surface area contributed by atoms with E-state index >= 15 is 0 Å². The zero-order valence-corrected chi connectivity index (χ0v) is 14.2. The number of ketones is 1. The van der Waals surface area contributed by atoms with Crippen LogP contribution in [-0.2, 0) is 6.42 Å². The molecule has 5 heteroatoms. The fourth-order valence-electron chi connectivity index (χ4n) is 2.69. The van der Waals surface area contributed by atoms with Gasteiger partial charge in [0, 0.05) is 23.7 Å². The maximum atomic E-state index is 12.0. The molecular weight excluding hydrogens is 316 g/mol. The van der Waals surface area contributed by atoms with Crippen LogP contribution in [0, 0.1) is 5.92 Å². The van der Waals surface area contributed by atoms with E-state index in [0.29, 0.717) is 24.2 Å². The van der Waals surface area contributed by atoms with E-state index in [0.717, 1.165) is 24.2 Å². The second-order valence-electron chi connectivity index (χ2n) is 6.16. The molecule has 0 spiro atoms. The normalized spacial score (nSPS) is 13.2. The number of urea groups is 1. The van der Waals surface area contributed by atoms with Crippen molar-refractivity contribution in [1.29, 1.82) is 0 Å². The van der Waals surface area contributed by atoms with Crippen LogP contribution in [0.3, 0.4) is 0 Å². The van der Waals surface area contributed by atoms with Gasteiger partial charge in [-0.25, -0.2) is 4.79 Å². The van der Waals surface area contributed by atoms with Crippen LogP contribution < -0.4 is 15.4 Å². The first-order chi connectivity index (χ1) is 12.2. The lowest BCUT2D eigenvalue weighted by molar-refractivity contribution is 0.0967. The molecular formula is C20H22N2O3. The van der Waals surface area contributed by atoms with E-state index in [2.05, 4.69) is 10.6 Å². The van der Waals surface area contributed by atoms with Crippen LogP contribution in [0.15, 0.2) is 48.5 Å². The summed E-state index contributed by atoms with van der Waals surface area (Å²) in [6.07, 6.45) is 2.67. The average molecular weight is 338 g/mol. The van der Waals surface area contributed by atoms with Crippen LogP contribution in [0.1, 0.15) is 28.8 Å². The van der Waals surface area contributed by atoms with Crippen molar-refractivity contribution in [1.82, 2.24) is 5.32 Å². The van der Waals surface area contributed by atoms with Gasteiger partial charge >= 0.3 is 6.03 Å². The first-order valence-electron chi connectivity index (χ1n) is 8.48. The third-order valence-electron chi connectivity index (χ3n) is 4.25. The van der Waals surface area contributed by atoms with Gasteiger partial charge in [-0.1, -0.05) is 18.2 Å². The number of carbonyl (C=O) groups is 2. The fourth-order valence-corrected chi connectivity index (χ4v) is 2.69. The number of carbonyl (C=O) groups excluding carboxylic acids is 2. The van der Waals surface area contributed by atoms with Gasteiger partial charge in [-0.3, -0.25) is 4.79 Å². The largest absolute Gasteiger partial charge is 0.496 e. The van der Waals surface area contributed by atoms with Crippen molar-refractivity contribution in [2.75, 3.05) is 19.0 Å². The second kappa shape index (κ2) is 7.83. The minimum absolute atomic E-state index is 0.202. The van der Waals surface area contributed by atoms with Crippen LogP contribution in [-0.4, -0.2) is 25.5 Å². The van der Waals surface area contributed by atoms with Gasteiger partial charge in [-0.2, -0.15) is 0 Å². The Balaban J connectivity index is 1.46. The van der Waals surface area contributed by atoms with E-state index < -0.39 is 0 Å². The molecule has 25 heavy (non-hydrogen) atoms. The summed E-state index contributed by atoms with van der Waals surface area (Å²) in [7, 11) is 1.64. The molecule has 0 unspecified atom stereocenters. The Morgan fingerprint density at radius 2 is 1.80 bits per heavy atom. The summed E-state index contributed by atoms with van der Waals surface area (Å²) in [5, 5.41) is 5.60. The van der Waals surface area contributed by atoms with Crippen molar-refractivity contribution >= 4 is 17.5 Å². The number of methoxy groups -OCH3 is 1. The lowest BCUT2D eigenvalue weighted by Crippen LogP contribution is -2.30. The molecule has 2 amide bonds. The number of Topliss-reactive ketones (excluding diaryl/α,β-unsaturated/α-hetero) is 1. The van der Waals surface area contributed by atoms with Gasteiger partial charge in [0.25, 0.3) is 0 Å². The van der Waals surface area contributed by atoms with Gasteiger partial charge in [0.05, 0.1) is 7.11 Å². The Labute approximate surface area is 147 Å². The Bertz CT molecular complexity index is 752. The minimum Gasteiger partial charge on any atom is -0.496 e. The lowest BCUT2D eigenvalue weighted by Gasteiger charge is -2.10. The molecule has 5 nitrogen and oxygen atoms in total. The number of hydrogen-bond acceptors (Lipinski definition) is 3.